The van der Waals surface area contributed by atoms with Crippen LogP contribution in [-0.2, 0) is 16.9 Å². The Hall–Kier alpha value is -2.73. The summed E-state index contributed by atoms with van der Waals surface area (Å²) in [4.78, 5) is 29.2. The number of amides is 3. The highest BCUT2D eigenvalue weighted by Gasteiger charge is 2.52. The lowest BCUT2D eigenvalue weighted by Gasteiger charge is -2.29. The molecule has 0 aliphatic carbocycles. The van der Waals surface area contributed by atoms with Crippen LogP contribution in [0.2, 0.25) is 0 Å². The quantitative estimate of drug-likeness (QED) is 0.742. The number of nitrogens with zero attached hydrogens (tertiary/aromatic N) is 2. The lowest BCUT2D eigenvalue weighted by molar-refractivity contribution is -0.133. The molecule has 0 spiro atoms. The average Bonchev–Trinajstić information content (AvgIpc) is 2.89. The van der Waals surface area contributed by atoms with Crippen molar-refractivity contribution in [1.29, 1.82) is 0 Å². The summed E-state index contributed by atoms with van der Waals surface area (Å²) in [7, 11) is 1.83. The van der Waals surface area contributed by atoms with Gasteiger partial charge in [0.05, 0.1) is 6.67 Å². The lowest BCUT2D eigenvalue weighted by Crippen LogP contribution is -2.46. The largest absolute Gasteiger partial charge is 0.326 e. The molecule has 2 aromatic rings. The summed E-state index contributed by atoms with van der Waals surface area (Å²) < 4.78 is 13.1. The van der Waals surface area contributed by atoms with Crippen molar-refractivity contribution in [2.45, 2.75) is 32.4 Å². The van der Waals surface area contributed by atoms with Gasteiger partial charge in [0.15, 0.2) is 0 Å². The number of rotatable bonds is 7. The van der Waals surface area contributed by atoms with Crippen LogP contribution < -0.4 is 5.32 Å². The van der Waals surface area contributed by atoms with Crippen molar-refractivity contribution in [3.05, 3.63) is 71.5 Å². The predicted octanol–water partition coefficient (Wildman–Crippen LogP) is 3.71. The molecule has 28 heavy (non-hydrogen) atoms. The van der Waals surface area contributed by atoms with Crippen molar-refractivity contribution >= 4 is 11.9 Å². The molecule has 148 valence electrons. The van der Waals surface area contributed by atoms with Gasteiger partial charge in [-0.3, -0.25) is 9.69 Å². The Bertz CT molecular complexity index is 839. The van der Waals surface area contributed by atoms with Gasteiger partial charge in [-0.25, -0.2) is 14.1 Å². The number of benzene rings is 2. The highest BCUT2D eigenvalue weighted by molar-refractivity contribution is 6.07. The van der Waals surface area contributed by atoms with Crippen LogP contribution >= 0.6 is 0 Å². The first kappa shape index (κ1) is 20.0. The first-order valence-electron chi connectivity index (χ1n) is 9.44. The van der Waals surface area contributed by atoms with E-state index in [1.54, 1.807) is 12.1 Å². The highest BCUT2D eigenvalue weighted by atomic mass is 19.1. The monoisotopic (exact) mass is 383 g/mol. The zero-order valence-electron chi connectivity index (χ0n) is 16.5. The van der Waals surface area contributed by atoms with E-state index in [4.69, 9.17) is 0 Å². The van der Waals surface area contributed by atoms with Crippen LogP contribution in [0.3, 0.4) is 0 Å². The van der Waals surface area contributed by atoms with Crippen molar-refractivity contribution in [2.75, 3.05) is 13.7 Å². The minimum absolute atomic E-state index is 0.161. The van der Waals surface area contributed by atoms with E-state index >= 15 is 0 Å². The summed E-state index contributed by atoms with van der Waals surface area (Å²) in [5.41, 5.74) is 0.668. The molecular formula is C22H26FN3O2. The third-order valence-corrected chi connectivity index (χ3v) is 4.91. The molecule has 3 amide bonds. The second-order valence-corrected chi connectivity index (χ2v) is 7.81. The average molecular weight is 383 g/mol. The summed E-state index contributed by atoms with van der Waals surface area (Å²) in [6, 6.07) is 15.2. The Morgan fingerprint density at radius 1 is 1.07 bits per heavy atom. The molecule has 0 radical (unpaired) electrons. The molecule has 3 rings (SSSR count). The minimum atomic E-state index is -1.04. The van der Waals surface area contributed by atoms with Gasteiger partial charge >= 0.3 is 6.03 Å². The number of halogens is 1. The van der Waals surface area contributed by atoms with Gasteiger partial charge in [-0.2, -0.15) is 0 Å². The molecule has 0 unspecified atom stereocenters. The maximum atomic E-state index is 13.4. The summed E-state index contributed by atoms with van der Waals surface area (Å²) in [5, 5.41) is 2.95. The highest BCUT2D eigenvalue weighted by Crippen LogP contribution is 2.35. The van der Waals surface area contributed by atoms with Gasteiger partial charge in [-0.05, 0) is 42.6 Å². The lowest BCUT2D eigenvalue weighted by atomic mass is 9.82. The first-order valence-corrected chi connectivity index (χ1v) is 9.44. The van der Waals surface area contributed by atoms with Crippen LogP contribution in [0.1, 0.15) is 31.4 Å². The van der Waals surface area contributed by atoms with Crippen LogP contribution in [0.25, 0.3) is 0 Å². The van der Waals surface area contributed by atoms with Crippen molar-refractivity contribution < 1.29 is 14.0 Å². The summed E-state index contributed by atoms with van der Waals surface area (Å²) in [6.07, 6.45) is 0.528. The maximum Gasteiger partial charge on any atom is 0.326 e. The normalized spacial score (nSPS) is 19.6. The summed E-state index contributed by atoms with van der Waals surface area (Å²) in [6.45, 7) is 4.73. The van der Waals surface area contributed by atoms with Gasteiger partial charge in [0.2, 0.25) is 0 Å². The van der Waals surface area contributed by atoms with Crippen molar-refractivity contribution in [1.82, 2.24) is 15.1 Å². The van der Waals surface area contributed by atoms with Crippen LogP contribution in [0.4, 0.5) is 9.18 Å². The third kappa shape index (κ3) is 4.07. The molecule has 0 bridgehead atoms. The van der Waals surface area contributed by atoms with E-state index in [9.17, 15) is 14.0 Å². The number of hydrogen-bond donors (Lipinski definition) is 1. The van der Waals surface area contributed by atoms with Gasteiger partial charge in [0, 0.05) is 6.54 Å². The van der Waals surface area contributed by atoms with E-state index in [1.165, 1.54) is 17.0 Å². The van der Waals surface area contributed by atoms with Crippen molar-refractivity contribution in [3.8, 4) is 0 Å². The number of nitrogens with one attached hydrogen (secondary N) is 1. The molecule has 1 atom stereocenters. The van der Waals surface area contributed by atoms with Crippen molar-refractivity contribution in [2.24, 2.45) is 5.92 Å². The number of hydrogen-bond acceptors (Lipinski definition) is 3. The fraction of sp³-hybridized carbons (Fsp3) is 0.364. The molecule has 1 saturated heterocycles. The zero-order valence-corrected chi connectivity index (χ0v) is 16.5. The molecule has 1 aliphatic heterocycles. The van der Waals surface area contributed by atoms with E-state index < -0.39 is 5.54 Å². The van der Waals surface area contributed by atoms with Crippen molar-refractivity contribution in [3.63, 3.8) is 0 Å². The molecule has 0 saturated carbocycles. The SMILES string of the molecule is CC(C)C[C@@]1(c2ccccc2)NC(=O)N(CN(C)Cc2ccc(F)cc2)C1=O. The standard InChI is InChI=1S/C22H26FN3O2/c1-16(2)13-22(18-7-5-4-6-8-18)20(27)26(21(28)24-22)15-25(3)14-17-9-11-19(23)12-10-17/h4-12,16H,13-15H2,1-3H3,(H,24,28)/t22-/m0/s1. The Labute approximate surface area is 165 Å². The molecular weight excluding hydrogens is 357 g/mol. The fourth-order valence-electron chi connectivity index (χ4n) is 3.73. The summed E-state index contributed by atoms with van der Waals surface area (Å²) >= 11 is 0. The maximum absolute atomic E-state index is 13.4. The van der Waals surface area contributed by atoms with E-state index in [-0.39, 0.29) is 30.3 Å². The molecule has 1 aliphatic rings. The Balaban J connectivity index is 1.80. The fourth-order valence-corrected chi connectivity index (χ4v) is 3.73. The Kier molecular flexibility index (Phi) is 5.79. The van der Waals surface area contributed by atoms with E-state index in [1.807, 2.05) is 56.1 Å². The van der Waals surface area contributed by atoms with Crippen LogP contribution in [-0.4, -0.2) is 35.5 Å². The van der Waals surface area contributed by atoms with E-state index in [2.05, 4.69) is 5.32 Å². The first-order chi connectivity index (χ1) is 13.3. The Morgan fingerprint density at radius 3 is 2.32 bits per heavy atom. The molecule has 6 heteroatoms. The molecule has 0 aromatic heterocycles. The van der Waals surface area contributed by atoms with Gasteiger partial charge in [-0.1, -0.05) is 56.3 Å². The smallest absolute Gasteiger partial charge is 0.319 e. The second kappa shape index (κ2) is 8.10. The second-order valence-electron chi connectivity index (χ2n) is 7.81. The molecule has 1 N–H and O–H groups in total. The predicted molar refractivity (Wildman–Crippen MR) is 106 cm³/mol. The number of carbonyl (C=O) groups excluding carboxylic acids is 2. The van der Waals surface area contributed by atoms with Gasteiger partial charge in [0.25, 0.3) is 5.91 Å². The van der Waals surface area contributed by atoms with Gasteiger partial charge < -0.3 is 5.32 Å². The number of imide groups is 1. The van der Waals surface area contributed by atoms with E-state index in [0.29, 0.717) is 13.0 Å². The molecule has 5 nitrogen and oxygen atoms in total. The van der Waals surface area contributed by atoms with Crippen LogP contribution in [0.5, 0.6) is 0 Å². The third-order valence-electron chi connectivity index (χ3n) is 4.91. The van der Waals surface area contributed by atoms with Gasteiger partial charge in [0.1, 0.15) is 11.4 Å². The van der Waals surface area contributed by atoms with Gasteiger partial charge in [-0.15, -0.1) is 0 Å². The summed E-state index contributed by atoms with van der Waals surface area (Å²) in [5.74, 6) is -0.300. The topological polar surface area (TPSA) is 52.7 Å². The van der Waals surface area contributed by atoms with Crippen LogP contribution in [0.15, 0.2) is 54.6 Å². The minimum Gasteiger partial charge on any atom is -0.319 e. The Morgan fingerprint density at radius 2 is 1.71 bits per heavy atom. The number of carbonyl (C=O) groups is 2. The molecule has 1 heterocycles. The van der Waals surface area contributed by atoms with Crippen LogP contribution in [0, 0.1) is 11.7 Å². The zero-order chi connectivity index (χ0) is 20.3. The molecule has 1 fully saturated rings. The molecule has 2 aromatic carbocycles. The number of urea groups is 1. The van der Waals surface area contributed by atoms with E-state index in [0.717, 1.165) is 11.1 Å².